The van der Waals surface area contributed by atoms with Crippen molar-refractivity contribution in [3.8, 4) is 0 Å². The van der Waals surface area contributed by atoms with Crippen molar-refractivity contribution in [2.24, 2.45) is 0 Å². The van der Waals surface area contributed by atoms with Gasteiger partial charge in [-0.15, -0.1) is 0 Å². The summed E-state index contributed by atoms with van der Waals surface area (Å²) in [6.45, 7) is 5.69. The molecular formula is C11H16N4O3. The highest BCUT2D eigenvalue weighted by molar-refractivity contribution is 5.92. The molecule has 1 fully saturated rings. The molecule has 1 aliphatic heterocycles. The predicted molar refractivity (Wildman–Crippen MR) is 61.3 cm³/mol. The molecule has 1 aromatic rings. The quantitative estimate of drug-likeness (QED) is 0.800. The van der Waals surface area contributed by atoms with Gasteiger partial charge >= 0.3 is 0 Å². The Hall–Kier alpha value is -1.92. The SMILES string of the molecule is Cc1nc(CN2CCC(=O)NC(C)(C)C2=O)no1. The van der Waals surface area contributed by atoms with Crippen molar-refractivity contribution in [1.82, 2.24) is 20.4 Å². The molecule has 18 heavy (non-hydrogen) atoms. The minimum atomic E-state index is -0.896. The first-order valence-electron chi connectivity index (χ1n) is 5.78. The van der Waals surface area contributed by atoms with Crippen LogP contribution in [-0.2, 0) is 16.1 Å². The monoisotopic (exact) mass is 252 g/mol. The van der Waals surface area contributed by atoms with Crippen LogP contribution in [0.4, 0.5) is 0 Å². The van der Waals surface area contributed by atoms with Crippen LogP contribution >= 0.6 is 0 Å². The molecule has 0 bridgehead atoms. The van der Waals surface area contributed by atoms with Crippen LogP contribution < -0.4 is 5.32 Å². The molecule has 1 N–H and O–H groups in total. The number of hydrogen-bond acceptors (Lipinski definition) is 5. The lowest BCUT2D eigenvalue weighted by molar-refractivity contribution is -0.137. The molecule has 7 nitrogen and oxygen atoms in total. The van der Waals surface area contributed by atoms with Crippen LogP contribution in [0.3, 0.4) is 0 Å². The van der Waals surface area contributed by atoms with E-state index in [1.807, 2.05) is 0 Å². The highest BCUT2D eigenvalue weighted by atomic mass is 16.5. The number of aryl methyl sites for hydroxylation is 1. The van der Waals surface area contributed by atoms with Gasteiger partial charge in [-0.1, -0.05) is 5.16 Å². The summed E-state index contributed by atoms with van der Waals surface area (Å²) in [4.78, 5) is 29.4. The largest absolute Gasteiger partial charge is 0.342 e. The molecule has 1 aliphatic rings. The summed E-state index contributed by atoms with van der Waals surface area (Å²) >= 11 is 0. The van der Waals surface area contributed by atoms with Crippen LogP contribution in [0.25, 0.3) is 0 Å². The molecule has 0 unspecified atom stereocenters. The zero-order valence-electron chi connectivity index (χ0n) is 10.7. The number of carbonyl (C=O) groups is 2. The molecule has 0 atom stereocenters. The Morgan fingerprint density at radius 2 is 2.17 bits per heavy atom. The Morgan fingerprint density at radius 1 is 1.44 bits per heavy atom. The van der Waals surface area contributed by atoms with Crippen molar-refractivity contribution in [1.29, 1.82) is 0 Å². The molecule has 0 aromatic carbocycles. The number of hydrogen-bond donors (Lipinski definition) is 1. The Bertz CT molecular complexity index is 480. The molecule has 2 rings (SSSR count). The van der Waals surface area contributed by atoms with Gasteiger partial charge in [0.05, 0.1) is 6.54 Å². The highest BCUT2D eigenvalue weighted by Crippen LogP contribution is 2.15. The normalized spacial score (nSPS) is 19.6. The van der Waals surface area contributed by atoms with Crippen molar-refractivity contribution in [2.45, 2.75) is 39.3 Å². The number of carbonyl (C=O) groups excluding carboxylic acids is 2. The second-order valence-electron chi connectivity index (χ2n) is 4.88. The van der Waals surface area contributed by atoms with Gasteiger partial charge in [0.25, 0.3) is 0 Å². The van der Waals surface area contributed by atoms with E-state index < -0.39 is 5.54 Å². The van der Waals surface area contributed by atoms with Crippen molar-refractivity contribution < 1.29 is 14.1 Å². The lowest BCUT2D eigenvalue weighted by Gasteiger charge is -2.27. The lowest BCUT2D eigenvalue weighted by atomic mass is 10.0. The fourth-order valence-electron chi connectivity index (χ4n) is 1.92. The molecular weight excluding hydrogens is 236 g/mol. The van der Waals surface area contributed by atoms with Crippen molar-refractivity contribution in [2.75, 3.05) is 6.54 Å². The minimum absolute atomic E-state index is 0.125. The number of nitrogens with zero attached hydrogens (tertiary/aromatic N) is 3. The van der Waals surface area contributed by atoms with Crippen LogP contribution in [0.15, 0.2) is 4.52 Å². The van der Waals surface area contributed by atoms with Crippen molar-refractivity contribution in [3.05, 3.63) is 11.7 Å². The average molecular weight is 252 g/mol. The second-order valence-corrected chi connectivity index (χ2v) is 4.88. The first-order valence-corrected chi connectivity index (χ1v) is 5.78. The van der Waals surface area contributed by atoms with Gasteiger partial charge in [-0.05, 0) is 13.8 Å². The summed E-state index contributed by atoms with van der Waals surface area (Å²) in [5.74, 6) is 0.641. The Labute approximate surface area is 105 Å². The molecule has 0 spiro atoms. The number of aromatic nitrogens is 2. The third-order valence-corrected chi connectivity index (χ3v) is 2.78. The summed E-state index contributed by atoms with van der Waals surface area (Å²) in [6.07, 6.45) is 0.284. The summed E-state index contributed by atoms with van der Waals surface area (Å²) in [5.41, 5.74) is -0.896. The summed E-state index contributed by atoms with van der Waals surface area (Å²) < 4.78 is 4.86. The Morgan fingerprint density at radius 3 is 2.78 bits per heavy atom. The van der Waals surface area contributed by atoms with Crippen LogP contribution in [-0.4, -0.2) is 38.9 Å². The molecule has 0 aliphatic carbocycles. The van der Waals surface area contributed by atoms with Gasteiger partial charge in [0, 0.05) is 19.9 Å². The molecule has 2 heterocycles. The van der Waals surface area contributed by atoms with Gasteiger partial charge < -0.3 is 14.7 Å². The van der Waals surface area contributed by atoms with Crippen molar-refractivity contribution >= 4 is 11.8 Å². The smallest absolute Gasteiger partial charge is 0.248 e. The van der Waals surface area contributed by atoms with E-state index in [2.05, 4.69) is 15.5 Å². The summed E-state index contributed by atoms with van der Waals surface area (Å²) in [5, 5.41) is 6.45. The van der Waals surface area contributed by atoms with Gasteiger partial charge in [-0.3, -0.25) is 9.59 Å². The van der Waals surface area contributed by atoms with E-state index >= 15 is 0 Å². The molecule has 98 valence electrons. The highest BCUT2D eigenvalue weighted by Gasteiger charge is 2.36. The first kappa shape index (κ1) is 12.5. The third-order valence-electron chi connectivity index (χ3n) is 2.78. The molecule has 1 aromatic heterocycles. The molecule has 2 amide bonds. The zero-order valence-corrected chi connectivity index (χ0v) is 10.7. The number of amides is 2. The minimum Gasteiger partial charge on any atom is -0.342 e. The van der Waals surface area contributed by atoms with E-state index in [1.165, 1.54) is 0 Å². The van der Waals surface area contributed by atoms with Crippen LogP contribution in [0.1, 0.15) is 32.0 Å². The fourth-order valence-corrected chi connectivity index (χ4v) is 1.92. The molecule has 0 radical (unpaired) electrons. The average Bonchev–Trinajstić information content (AvgIpc) is 2.64. The van der Waals surface area contributed by atoms with E-state index in [0.717, 1.165) is 0 Å². The predicted octanol–water partition coefficient (Wildman–Crippen LogP) is 0.00512. The van der Waals surface area contributed by atoms with E-state index in [1.54, 1.807) is 25.7 Å². The summed E-state index contributed by atoms with van der Waals surface area (Å²) in [6, 6.07) is 0. The topological polar surface area (TPSA) is 88.3 Å². The van der Waals surface area contributed by atoms with Gasteiger partial charge in [-0.2, -0.15) is 4.98 Å². The maximum absolute atomic E-state index is 12.2. The van der Waals surface area contributed by atoms with Crippen molar-refractivity contribution in [3.63, 3.8) is 0 Å². The van der Waals surface area contributed by atoms with Gasteiger partial charge in [0.2, 0.25) is 17.7 Å². The standard InChI is InChI=1S/C11H16N4O3/c1-7-12-8(14-18-7)6-15-5-4-9(16)13-11(2,3)10(15)17/h4-6H2,1-3H3,(H,13,16). The second kappa shape index (κ2) is 4.40. The van der Waals surface area contributed by atoms with Gasteiger partial charge in [0.15, 0.2) is 5.82 Å². The van der Waals surface area contributed by atoms with Crippen LogP contribution in [0, 0.1) is 6.92 Å². The fraction of sp³-hybridized carbons (Fsp3) is 0.636. The van der Waals surface area contributed by atoms with Gasteiger partial charge in [-0.25, -0.2) is 0 Å². The van der Waals surface area contributed by atoms with E-state index in [9.17, 15) is 9.59 Å². The molecule has 0 saturated carbocycles. The molecule has 7 heteroatoms. The maximum atomic E-state index is 12.2. The Balaban J connectivity index is 2.16. The van der Waals surface area contributed by atoms with E-state index in [0.29, 0.717) is 18.3 Å². The third kappa shape index (κ3) is 2.49. The van der Waals surface area contributed by atoms with E-state index in [-0.39, 0.29) is 24.8 Å². The Kier molecular flexibility index (Phi) is 3.06. The van der Waals surface area contributed by atoms with Crippen LogP contribution in [0.2, 0.25) is 0 Å². The first-order chi connectivity index (χ1) is 8.38. The van der Waals surface area contributed by atoms with Gasteiger partial charge in [0.1, 0.15) is 5.54 Å². The van der Waals surface area contributed by atoms with E-state index in [4.69, 9.17) is 4.52 Å². The summed E-state index contributed by atoms with van der Waals surface area (Å²) in [7, 11) is 0. The maximum Gasteiger partial charge on any atom is 0.248 e. The number of nitrogens with one attached hydrogen (secondary N) is 1. The zero-order chi connectivity index (χ0) is 13.3. The molecule has 1 saturated heterocycles. The number of rotatable bonds is 2. The van der Waals surface area contributed by atoms with Crippen LogP contribution in [0.5, 0.6) is 0 Å². The lowest BCUT2D eigenvalue weighted by Crippen LogP contribution is -2.52.